The zero-order valence-corrected chi connectivity index (χ0v) is 18.1. The molecule has 0 fully saturated rings. The van der Waals surface area contributed by atoms with Crippen LogP contribution in [0.4, 0.5) is 11.4 Å². The number of aryl methyl sites for hydroxylation is 1. The van der Waals surface area contributed by atoms with E-state index in [2.05, 4.69) is 0 Å². The van der Waals surface area contributed by atoms with E-state index in [4.69, 9.17) is 13.9 Å². The van der Waals surface area contributed by atoms with Gasteiger partial charge >= 0.3 is 11.6 Å². The molecule has 6 nitrogen and oxygen atoms in total. The van der Waals surface area contributed by atoms with Crippen molar-refractivity contribution in [3.8, 4) is 11.5 Å². The fourth-order valence-electron chi connectivity index (χ4n) is 3.59. The predicted molar refractivity (Wildman–Crippen MR) is 124 cm³/mol. The molecule has 1 aromatic heterocycles. The largest absolute Gasteiger partial charge is 0.493 e. The van der Waals surface area contributed by atoms with Gasteiger partial charge in [-0.3, -0.25) is 4.79 Å². The number of ether oxygens (including phenoxy) is 2. The lowest BCUT2D eigenvalue weighted by atomic mass is 10.1. The van der Waals surface area contributed by atoms with Gasteiger partial charge in [-0.05, 0) is 42.3 Å². The zero-order chi connectivity index (χ0) is 22.7. The minimum absolute atomic E-state index is 0.153. The summed E-state index contributed by atoms with van der Waals surface area (Å²) in [7, 11) is 3.36. The molecule has 162 valence electrons. The molecule has 0 bridgehead atoms. The number of hydrogen-bond donors (Lipinski definition) is 0. The summed E-state index contributed by atoms with van der Waals surface area (Å²) in [5.74, 6) is 0.364. The molecule has 1 heterocycles. The van der Waals surface area contributed by atoms with Crippen LogP contribution in [-0.2, 0) is 11.2 Å². The van der Waals surface area contributed by atoms with E-state index in [0.29, 0.717) is 22.8 Å². The van der Waals surface area contributed by atoms with Crippen LogP contribution in [0, 0.1) is 6.92 Å². The molecule has 0 aliphatic rings. The second-order valence-corrected chi connectivity index (χ2v) is 7.42. The number of fused-ring (bicyclic) bond motifs is 1. The standard InChI is InChI=1S/C26H23NO5/c1-17-8-4-5-9-18(17)14-25(28)32-24-15-19(12-13-23(24)30-3)27(2)21-16-26(29)31-22-11-7-6-10-20(21)22/h4-13,15-16H,14H2,1-3H3. The Balaban J connectivity index is 1.66. The van der Waals surface area contributed by atoms with Gasteiger partial charge in [-0.2, -0.15) is 0 Å². The highest BCUT2D eigenvalue weighted by atomic mass is 16.6. The summed E-state index contributed by atoms with van der Waals surface area (Å²) in [5, 5.41) is 0.795. The quantitative estimate of drug-likeness (QED) is 0.243. The zero-order valence-electron chi connectivity index (χ0n) is 18.1. The first-order valence-corrected chi connectivity index (χ1v) is 10.2. The van der Waals surface area contributed by atoms with Crippen LogP contribution >= 0.6 is 0 Å². The summed E-state index contributed by atoms with van der Waals surface area (Å²) in [5.41, 5.74) is 3.40. The molecule has 32 heavy (non-hydrogen) atoms. The van der Waals surface area contributed by atoms with E-state index in [0.717, 1.165) is 22.2 Å². The lowest BCUT2D eigenvalue weighted by molar-refractivity contribution is -0.133. The van der Waals surface area contributed by atoms with Crippen LogP contribution in [0.1, 0.15) is 11.1 Å². The Morgan fingerprint density at radius 3 is 2.50 bits per heavy atom. The van der Waals surface area contributed by atoms with Crippen LogP contribution in [0.25, 0.3) is 11.0 Å². The SMILES string of the molecule is COc1ccc(N(C)c2cc(=O)oc3ccccc23)cc1OC(=O)Cc1ccccc1C. The molecule has 6 heteroatoms. The number of rotatable bonds is 6. The van der Waals surface area contributed by atoms with Gasteiger partial charge in [0.15, 0.2) is 11.5 Å². The fraction of sp³-hybridized carbons (Fsp3) is 0.154. The number of para-hydroxylation sites is 1. The van der Waals surface area contributed by atoms with Crippen molar-refractivity contribution in [2.24, 2.45) is 0 Å². The summed E-state index contributed by atoms with van der Waals surface area (Å²) in [6, 6.07) is 21.8. The fourth-order valence-corrected chi connectivity index (χ4v) is 3.59. The molecule has 0 saturated heterocycles. The lowest BCUT2D eigenvalue weighted by Gasteiger charge is -2.22. The van der Waals surface area contributed by atoms with Crippen molar-refractivity contribution in [1.29, 1.82) is 0 Å². The number of methoxy groups -OCH3 is 1. The molecule has 3 aromatic carbocycles. The van der Waals surface area contributed by atoms with E-state index in [1.165, 1.54) is 13.2 Å². The normalized spacial score (nSPS) is 10.7. The molecule has 4 rings (SSSR count). The molecule has 0 saturated carbocycles. The molecule has 0 amide bonds. The Hall–Kier alpha value is -4.06. The smallest absolute Gasteiger partial charge is 0.338 e. The summed E-state index contributed by atoms with van der Waals surface area (Å²) < 4.78 is 16.3. The summed E-state index contributed by atoms with van der Waals surface area (Å²) >= 11 is 0. The van der Waals surface area contributed by atoms with Crippen molar-refractivity contribution < 1.29 is 18.7 Å². The highest BCUT2D eigenvalue weighted by Gasteiger charge is 2.16. The number of benzene rings is 3. The van der Waals surface area contributed by atoms with Gasteiger partial charge < -0.3 is 18.8 Å². The third-order valence-electron chi connectivity index (χ3n) is 5.34. The molecule has 0 atom stereocenters. The van der Waals surface area contributed by atoms with Crippen LogP contribution in [0.2, 0.25) is 0 Å². The van der Waals surface area contributed by atoms with Crippen molar-refractivity contribution in [2.75, 3.05) is 19.1 Å². The molecular weight excluding hydrogens is 406 g/mol. The molecule has 0 spiro atoms. The van der Waals surface area contributed by atoms with Gasteiger partial charge in [0.1, 0.15) is 5.58 Å². The molecular formula is C26H23NO5. The Kier molecular flexibility index (Phi) is 5.94. The number of anilines is 2. The summed E-state index contributed by atoms with van der Waals surface area (Å²) in [4.78, 5) is 26.5. The maximum atomic E-state index is 12.6. The summed E-state index contributed by atoms with van der Waals surface area (Å²) in [6.45, 7) is 1.96. The van der Waals surface area contributed by atoms with Gasteiger partial charge in [0, 0.05) is 30.3 Å². The Morgan fingerprint density at radius 1 is 0.969 bits per heavy atom. The van der Waals surface area contributed by atoms with Gasteiger partial charge in [0.05, 0.1) is 19.2 Å². The van der Waals surface area contributed by atoms with Crippen LogP contribution in [0.3, 0.4) is 0 Å². The van der Waals surface area contributed by atoms with Crippen LogP contribution in [-0.4, -0.2) is 20.1 Å². The van der Waals surface area contributed by atoms with Crippen molar-refractivity contribution >= 4 is 28.3 Å². The second-order valence-electron chi connectivity index (χ2n) is 7.42. The molecule has 0 N–H and O–H groups in total. The average molecular weight is 429 g/mol. The minimum atomic E-state index is -0.441. The van der Waals surface area contributed by atoms with Gasteiger partial charge in [0.2, 0.25) is 0 Å². The second kappa shape index (κ2) is 8.98. The Bertz CT molecular complexity index is 1340. The molecule has 0 aliphatic heterocycles. The topological polar surface area (TPSA) is 69.0 Å². The average Bonchev–Trinajstić information content (AvgIpc) is 2.79. The van der Waals surface area contributed by atoms with Crippen LogP contribution in [0.5, 0.6) is 11.5 Å². The van der Waals surface area contributed by atoms with E-state index < -0.39 is 5.63 Å². The van der Waals surface area contributed by atoms with Crippen LogP contribution in [0.15, 0.2) is 82.0 Å². The van der Waals surface area contributed by atoms with Gasteiger partial charge in [-0.25, -0.2) is 4.79 Å². The third-order valence-corrected chi connectivity index (χ3v) is 5.34. The number of esters is 1. The number of nitrogens with zero attached hydrogens (tertiary/aromatic N) is 1. The first-order valence-electron chi connectivity index (χ1n) is 10.2. The predicted octanol–water partition coefficient (Wildman–Crippen LogP) is 5.03. The third kappa shape index (κ3) is 4.34. The summed E-state index contributed by atoms with van der Waals surface area (Å²) in [6.07, 6.45) is 0.153. The number of carbonyl (C=O) groups is 1. The van der Waals surface area contributed by atoms with E-state index >= 15 is 0 Å². The highest BCUT2D eigenvalue weighted by Crippen LogP contribution is 2.36. The van der Waals surface area contributed by atoms with E-state index in [-0.39, 0.29) is 12.4 Å². The highest BCUT2D eigenvalue weighted by molar-refractivity contribution is 5.92. The maximum Gasteiger partial charge on any atom is 0.338 e. The molecule has 0 unspecified atom stereocenters. The van der Waals surface area contributed by atoms with Gasteiger partial charge in [-0.15, -0.1) is 0 Å². The molecule has 4 aromatic rings. The van der Waals surface area contributed by atoms with Crippen LogP contribution < -0.4 is 20.0 Å². The van der Waals surface area contributed by atoms with Gasteiger partial charge in [0.25, 0.3) is 0 Å². The van der Waals surface area contributed by atoms with Crippen molar-refractivity contribution in [2.45, 2.75) is 13.3 Å². The lowest BCUT2D eigenvalue weighted by Crippen LogP contribution is -2.15. The van der Waals surface area contributed by atoms with E-state index in [1.807, 2.05) is 67.4 Å². The van der Waals surface area contributed by atoms with E-state index in [9.17, 15) is 9.59 Å². The maximum absolute atomic E-state index is 12.6. The molecule has 0 aliphatic carbocycles. The van der Waals surface area contributed by atoms with Crippen molar-refractivity contribution in [1.82, 2.24) is 0 Å². The monoisotopic (exact) mass is 429 g/mol. The Morgan fingerprint density at radius 2 is 1.72 bits per heavy atom. The van der Waals surface area contributed by atoms with Crippen molar-refractivity contribution in [3.63, 3.8) is 0 Å². The molecule has 0 radical (unpaired) electrons. The Labute approximate surface area is 185 Å². The minimum Gasteiger partial charge on any atom is -0.493 e. The number of hydrogen-bond acceptors (Lipinski definition) is 6. The number of carbonyl (C=O) groups excluding carboxylic acids is 1. The first-order chi connectivity index (χ1) is 15.5. The van der Waals surface area contributed by atoms with E-state index in [1.54, 1.807) is 18.2 Å². The van der Waals surface area contributed by atoms with Gasteiger partial charge in [-0.1, -0.05) is 36.4 Å². The van der Waals surface area contributed by atoms with Crippen molar-refractivity contribution in [3.05, 3.63) is 94.3 Å². The first kappa shape index (κ1) is 21.2.